The third kappa shape index (κ3) is 4.46. The SMILES string of the molecule is CCOC(=O)N1CCCN(C(CC)CCN)CC1. The minimum absolute atomic E-state index is 0.175. The second kappa shape index (κ2) is 8.32. The maximum absolute atomic E-state index is 11.7. The summed E-state index contributed by atoms with van der Waals surface area (Å²) in [7, 11) is 0. The van der Waals surface area contributed by atoms with Crippen LogP contribution in [0.15, 0.2) is 0 Å². The largest absolute Gasteiger partial charge is 0.450 e. The molecule has 1 aliphatic heterocycles. The Morgan fingerprint density at radius 2 is 2.06 bits per heavy atom. The van der Waals surface area contributed by atoms with Gasteiger partial charge in [0, 0.05) is 32.2 Å². The van der Waals surface area contributed by atoms with Crippen molar-refractivity contribution in [3.8, 4) is 0 Å². The van der Waals surface area contributed by atoms with Crippen molar-refractivity contribution in [1.82, 2.24) is 9.80 Å². The lowest BCUT2D eigenvalue weighted by Crippen LogP contribution is -2.40. The summed E-state index contributed by atoms with van der Waals surface area (Å²) in [5.41, 5.74) is 5.65. The second-order valence-electron chi connectivity index (χ2n) is 4.71. The van der Waals surface area contributed by atoms with E-state index in [0.29, 0.717) is 12.6 Å². The standard InChI is InChI=1S/C13H27N3O2/c1-3-12(6-7-14)15-8-5-9-16(11-10-15)13(17)18-4-2/h12H,3-11,14H2,1-2H3. The van der Waals surface area contributed by atoms with Crippen molar-refractivity contribution < 1.29 is 9.53 Å². The Morgan fingerprint density at radius 3 is 2.67 bits per heavy atom. The summed E-state index contributed by atoms with van der Waals surface area (Å²) in [5, 5.41) is 0. The molecule has 0 saturated carbocycles. The second-order valence-corrected chi connectivity index (χ2v) is 4.71. The first-order valence-corrected chi connectivity index (χ1v) is 7.08. The van der Waals surface area contributed by atoms with Crippen molar-refractivity contribution in [2.45, 2.75) is 39.2 Å². The van der Waals surface area contributed by atoms with Crippen molar-refractivity contribution in [2.75, 3.05) is 39.3 Å². The van der Waals surface area contributed by atoms with Gasteiger partial charge in [0.2, 0.25) is 0 Å². The fourth-order valence-corrected chi connectivity index (χ4v) is 2.54. The molecule has 5 heteroatoms. The number of hydrogen-bond donors (Lipinski definition) is 1. The minimum atomic E-state index is -0.175. The van der Waals surface area contributed by atoms with E-state index in [-0.39, 0.29) is 6.09 Å². The van der Waals surface area contributed by atoms with Crippen LogP contribution >= 0.6 is 0 Å². The first-order valence-electron chi connectivity index (χ1n) is 7.08. The van der Waals surface area contributed by atoms with Crippen LogP contribution in [0.2, 0.25) is 0 Å². The van der Waals surface area contributed by atoms with Gasteiger partial charge in [-0.25, -0.2) is 4.79 Å². The molecule has 0 aromatic heterocycles. The quantitative estimate of drug-likeness (QED) is 0.806. The molecule has 1 unspecified atom stereocenters. The highest BCUT2D eigenvalue weighted by Gasteiger charge is 2.23. The van der Waals surface area contributed by atoms with Gasteiger partial charge in [-0.05, 0) is 32.7 Å². The molecule has 1 amide bonds. The molecule has 0 aromatic carbocycles. The van der Waals surface area contributed by atoms with Crippen molar-refractivity contribution in [3.05, 3.63) is 0 Å². The van der Waals surface area contributed by atoms with E-state index in [1.807, 2.05) is 11.8 Å². The predicted molar refractivity (Wildman–Crippen MR) is 72.5 cm³/mol. The molecule has 1 rings (SSSR count). The Morgan fingerprint density at radius 1 is 1.28 bits per heavy atom. The molecule has 1 saturated heterocycles. The van der Waals surface area contributed by atoms with Crippen LogP contribution in [0.25, 0.3) is 0 Å². The number of rotatable bonds is 5. The molecule has 2 N–H and O–H groups in total. The number of amides is 1. The molecule has 0 radical (unpaired) electrons. The van der Waals surface area contributed by atoms with Crippen LogP contribution in [-0.2, 0) is 4.74 Å². The van der Waals surface area contributed by atoms with Crippen LogP contribution in [0.5, 0.6) is 0 Å². The van der Waals surface area contributed by atoms with Gasteiger partial charge in [-0.3, -0.25) is 4.90 Å². The summed E-state index contributed by atoms with van der Waals surface area (Å²) in [6.45, 7) is 8.77. The van der Waals surface area contributed by atoms with Crippen molar-refractivity contribution in [2.24, 2.45) is 5.73 Å². The third-order valence-corrected chi connectivity index (χ3v) is 3.54. The number of nitrogens with zero attached hydrogens (tertiary/aromatic N) is 2. The molecule has 1 heterocycles. The highest BCUT2D eigenvalue weighted by atomic mass is 16.6. The van der Waals surface area contributed by atoms with Gasteiger partial charge in [0.15, 0.2) is 0 Å². The van der Waals surface area contributed by atoms with E-state index in [1.165, 1.54) is 0 Å². The summed E-state index contributed by atoms with van der Waals surface area (Å²) in [6.07, 6.45) is 3.00. The smallest absolute Gasteiger partial charge is 0.409 e. The summed E-state index contributed by atoms with van der Waals surface area (Å²) < 4.78 is 5.05. The number of carbonyl (C=O) groups excluding carboxylic acids is 1. The van der Waals surface area contributed by atoms with Gasteiger partial charge in [0.1, 0.15) is 0 Å². The highest BCUT2D eigenvalue weighted by molar-refractivity contribution is 5.67. The lowest BCUT2D eigenvalue weighted by Gasteiger charge is -2.29. The maximum atomic E-state index is 11.7. The fraction of sp³-hybridized carbons (Fsp3) is 0.923. The van der Waals surface area contributed by atoms with Crippen molar-refractivity contribution in [1.29, 1.82) is 0 Å². The molecule has 1 atom stereocenters. The summed E-state index contributed by atoms with van der Waals surface area (Å²) >= 11 is 0. The predicted octanol–water partition coefficient (Wildman–Crippen LogP) is 1.28. The van der Waals surface area contributed by atoms with E-state index in [2.05, 4.69) is 11.8 Å². The van der Waals surface area contributed by atoms with E-state index in [4.69, 9.17) is 10.5 Å². The lowest BCUT2D eigenvalue weighted by atomic mass is 10.1. The zero-order valence-electron chi connectivity index (χ0n) is 11.7. The Labute approximate surface area is 110 Å². The number of hydrogen-bond acceptors (Lipinski definition) is 4. The van der Waals surface area contributed by atoms with E-state index < -0.39 is 0 Å². The first-order chi connectivity index (χ1) is 8.72. The van der Waals surface area contributed by atoms with Gasteiger partial charge in [-0.1, -0.05) is 6.92 Å². The average Bonchev–Trinajstić information content (AvgIpc) is 2.62. The zero-order valence-corrected chi connectivity index (χ0v) is 11.7. The number of ether oxygens (including phenoxy) is 1. The van der Waals surface area contributed by atoms with Crippen molar-refractivity contribution in [3.63, 3.8) is 0 Å². The van der Waals surface area contributed by atoms with E-state index in [0.717, 1.165) is 52.0 Å². The monoisotopic (exact) mass is 257 g/mol. The van der Waals surface area contributed by atoms with Gasteiger partial charge in [-0.2, -0.15) is 0 Å². The average molecular weight is 257 g/mol. The summed E-state index contributed by atoms with van der Waals surface area (Å²) in [5.74, 6) is 0. The van der Waals surface area contributed by atoms with Gasteiger partial charge in [-0.15, -0.1) is 0 Å². The first kappa shape index (κ1) is 15.2. The van der Waals surface area contributed by atoms with Gasteiger partial charge in [0.05, 0.1) is 6.61 Å². The van der Waals surface area contributed by atoms with Crippen LogP contribution < -0.4 is 5.73 Å². The molecule has 18 heavy (non-hydrogen) atoms. The lowest BCUT2D eigenvalue weighted by molar-refractivity contribution is 0.107. The topological polar surface area (TPSA) is 58.8 Å². The molecular formula is C13H27N3O2. The molecular weight excluding hydrogens is 230 g/mol. The van der Waals surface area contributed by atoms with Crippen LogP contribution in [0.1, 0.15) is 33.1 Å². The molecule has 0 aliphatic carbocycles. The zero-order chi connectivity index (χ0) is 13.4. The number of carbonyl (C=O) groups is 1. The normalized spacial score (nSPS) is 19.4. The summed E-state index contributed by atoms with van der Waals surface area (Å²) in [6, 6.07) is 0.553. The molecule has 5 nitrogen and oxygen atoms in total. The third-order valence-electron chi connectivity index (χ3n) is 3.54. The highest BCUT2D eigenvalue weighted by Crippen LogP contribution is 2.12. The Hall–Kier alpha value is -0.810. The van der Waals surface area contributed by atoms with Gasteiger partial charge in [0.25, 0.3) is 0 Å². The van der Waals surface area contributed by atoms with Crippen LogP contribution in [0, 0.1) is 0 Å². The Kier molecular flexibility index (Phi) is 7.05. The molecule has 106 valence electrons. The van der Waals surface area contributed by atoms with Gasteiger partial charge >= 0.3 is 6.09 Å². The van der Waals surface area contributed by atoms with E-state index in [9.17, 15) is 4.79 Å². The number of nitrogens with two attached hydrogens (primary N) is 1. The molecule has 0 aromatic rings. The molecule has 1 fully saturated rings. The Bertz CT molecular complexity index is 248. The van der Waals surface area contributed by atoms with E-state index >= 15 is 0 Å². The molecule has 1 aliphatic rings. The van der Waals surface area contributed by atoms with Crippen LogP contribution in [0.3, 0.4) is 0 Å². The van der Waals surface area contributed by atoms with Gasteiger partial charge < -0.3 is 15.4 Å². The minimum Gasteiger partial charge on any atom is -0.450 e. The van der Waals surface area contributed by atoms with Crippen LogP contribution in [-0.4, -0.2) is 61.3 Å². The fourth-order valence-electron chi connectivity index (χ4n) is 2.54. The maximum Gasteiger partial charge on any atom is 0.409 e. The molecule has 0 spiro atoms. The molecule has 0 bridgehead atoms. The summed E-state index contributed by atoms with van der Waals surface area (Å²) in [4.78, 5) is 16.0. The van der Waals surface area contributed by atoms with Crippen molar-refractivity contribution >= 4 is 6.09 Å². The van der Waals surface area contributed by atoms with Crippen LogP contribution in [0.4, 0.5) is 4.79 Å². The Balaban J connectivity index is 2.47. The van der Waals surface area contributed by atoms with E-state index in [1.54, 1.807) is 0 Å².